The van der Waals surface area contributed by atoms with Gasteiger partial charge in [0.1, 0.15) is 0 Å². The van der Waals surface area contributed by atoms with Crippen LogP contribution in [0, 0.1) is 0 Å². The Bertz CT molecular complexity index is 284. The van der Waals surface area contributed by atoms with Gasteiger partial charge in [-0.05, 0) is 0 Å². The fraction of sp³-hybridized carbons (Fsp3) is 0.500. The first kappa shape index (κ1) is 11.7. The van der Waals surface area contributed by atoms with Crippen molar-refractivity contribution in [2.75, 3.05) is 26.6 Å². The van der Waals surface area contributed by atoms with Crippen LogP contribution < -0.4 is 0 Å². The van der Waals surface area contributed by atoms with Crippen LogP contribution in [-0.2, 0) is 10.7 Å². The summed E-state index contributed by atoms with van der Waals surface area (Å²) in [4.78, 5) is 0. The summed E-state index contributed by atoms with van der Waals surface area (Å²) >= 11 is 0. The van der Waals surface area contributed by atoms with Crippen LogP contribution in [0.15, 0.2) is 30.3 Å². The average Bonchev–Trinajstić information content (AvgIpc) is 2.03. The van der Waals surface area contributed by atoms with E-state index in [-0.39, 0.29) is 0 Å². The summed E-state index contributed by atoms with van der Waals surface area (Å²) in [5, 5.41) is 0. The topological polar surface area (TPSA) is 9.23 Å². The second-order valence-corrected chi connectivity index (χ2v) is 11.5. The molecule has 0 radical (unpaired) electrons. The van der Waals surface area contributed by atoms with Gasteiger partial charge in [-0.1, -0.05) is 0 Å². The molecular formula is C12H21OP. The van der Waals surface area contributed by atoms with E-state index in [2.05, 4.69) is 57.3 Å². The van der Waals surface area contributed by atoms with Crippen molar-refractivity contribution in [2.24, 2.45) is 0 Å². The monoisotopic (exact) mass is 212 g/mol. The van der Waals surface area contributed by atoms with Gasteiger partial charge in [-0.3, -0.25) is 0 Å². The maximum absolute atomic E-state index is 5.95. The number of hydrogen-bond donors (Lipinski definition) is 0. The zero-order valence-electron chi connectivity index (χ0n) is 9.66. The van der Waals surface area contributed by atoms with Crippen LogP contribution in [0.4, 0.5) is 0 Å². The van der Waals surface area contributed by atoms with E-state index in [1.807, 2.05) is 0 Å². The van der Waals surface area contributed by atoms with Gasteiger partial charge in [-0.15, -0.1) is 0 Å². The first-order valence-corrected chi connectivity index (χ1v) is 8.78. The summed E-state index contributed by atoms with van der Waals surface area (Å²) in [6.07, 6.45) is 1.07. The van der Waals surface area contributed by atoms with Crippen LogP contribution in [-0.4, -0.2) is 26.6 Å². The fourth-order valence-corrected chi connectivity index (χ4v) is 4.23. The van der Waals surface area contributed by atoms with Gasteiger partial charge in [-0.25, -0.2) is 0 Å². The molecular weight excluding hydrogens is 191 g/mol. The second kappa shape index (κ2) is 4.00. The van der Waals surface area contributed by atoms with E-state index in [4.69, 9.17) is 4.52 Å². The molecule has 1 aromatic rings. The zero-order valence-corrected chi connectivity index (χ0v) is 10.6. The van der Waals surface area contributed by atoms with E-state index >= 15 is 0 Å². The standard InChI is InChI=1S/C12H21OP/c1-5-13-14(2,3,4)11-12-9-7-6-8-10-12/h6-10H,5,11H2,1-4H3. The van der Waals surface area contributed by atoms with Crippen LogP contribution in [0.3, 0.4) is 0 Å². The molecule has 0 N–H and O–H groups in total. The molecule has 14 heavy (non-hydrogen) atoms. The third-order valence-corrected chi connectivity index (χ3v) is 4.83. The van der Waals surface area contributed by atoms with E-state index in [1.165, 1.54) is 5.56 Å². The van der Waals surface area contributed by atoms with Crippen molar-refractivity contribution in [3.63, 3.8) is 0 Å². The molecule has 0 aliphatic rings. The van der Waals surface area contributed by atoms with Crippen molar-refractivity contribution in [3.8, 4) is 0 Å². The zero-order chi connectivity index (χ0) is 10.7. The molecule has 0 unspecified atom stereocenters. The van der Waals surface area contributed by atoms with E-state index in [0.717, 1.165) is 12.8 Å². The quantitative estimate of drug-likeness (QED) is 0.693. The van der Waals surface area contributed by atoms with Gasteiger partial charge in [0.25, 0.3) is 0 Å². The third kappa shape index (κ3) is 3.77. The molecule has 0 saturated carbocycles. The number of rotatable bonds is 4. The van der Waals surface area contributed by atoms with E-state index in [1.54, 1.807) is 0 Å². The maximum atomic E-state index is 5.95. The predicted octanol–water partition coefficient (Wildman–Crippen LogP) is 3.58. The molecule has 0 amide bonds. The van der Waals surface area contributed by atoms with Crippen LogP contribution in [0.25, 0.3) is 0 Å². The van der Waals surface area contributed by atoms with E-state index in [9.17, 15) is 0 Å². The molecule has 2 heteroatoms. The fourth-order valence-electron chi connectivity index (χ4n) is 1.73. The molecule has 0 spiro atoms. The van der Waals surface area contributed by atoms with Crippen molar-refractivity contribution in [1.29, 1.82) is 0 Å². The molecule has 0 fully saturated rings. The van der Waals surface area contributed by atoms with Crippen molar-refractivity contribution in [3.05, 3.63) is 35.9 Å². The molecule has 1 nitrogen and oxygen atoms in total. The predicted molar refractivity (Wildman–Crippen MR) is 66.5 cm³/mol. The van der Waals surface area contributed by atoms with E-state index < -0.39 is 6.83 Å². The Hall–Kier alpha value is -0.390. The van der Waals surface area contributed by atoms with Gasteiger partial charge in [0.15, 0.2) is 0 Å². The minimum absolute atomic E-state index is 0.814. The second-order valence-electron chi connectivity index (χ2n) is 5.03. The summed E-state index contributed by atoms with van der Waals surface area (Å²) in [5.74, 6) is 0. The van der Waals surface area contributed by atoms with Crippen molar-refractivity contribution in [2.45, 2.75) is 13.1 Å². The summed E-state index contributed by atoms with van der Waals surface area (Å²) in [5.41, 5.74) is 1.38. The summed E-state index contributed by atoms with van der Waals surface area (Å²) in [7, 11) is 0. The first-order chi connectivity index (χ1) is 6.41. The van der Waals surface area contributed by atoms with Crippen LogP contribution in [0.2, 0.25) is 0 Å². The van der Waals surface area contributed by atoms with Gasteiger partial charge in [0, 0.05) is 0 Å². The Morgan fingerprint density at radius 1 is 1.07 bits per heavy atom. The van der Waals surface area contributed by atoms with Gasteiger partial charge < -0.3 is 0 Å². The molecule has 0 atom stereocenters. The Morgan fingerprint density at radius 3 is 2.14 bits per heavy atom. The number of hydrogen-bond acceptors (Lipinski definition) is 1. The Kier molecular flexibility index (Phi) is 3.34. The summed E-state index contributed by atoms with van der Waals surface area (Å²) in [6, 6.07) is 10.6. The Morgan fingerprint density at radius 2 is 1.64 bits per heavy atom. The molecule has 1 rings (SSSR count). The van der Waals surface area contributed by atoms with Crippen LogP contribution in [0.1, 0.15) is 12.5 Å². The summed E-state index contributed by atoms with van der Waals surface area (Å²) in [6.45, 7) is 7.82. The van der Waals surface area contributed by atoms with Gasteiger partial charge >= 0.3 is 86.9 Å². The molecule has 0 aliphatic carbocycles. The van der Waals surface area contributed by atoms with Crippen molar-refractivity contribution in [1.82, 2.24) is 0 Å². The molecule has 0 aliphatic heterocycles. The number of benzene rings is 1. The minimum atomic E-state index is -1.91. The molecule has 80 valence electrons. The molecule has 0 heterocycles. The van der Waals surface area contributed by atoms with E-state index in [0.29, 0.717) is 0 Å². The third-order valence-electron chi connectivity index (χ3n) is 2.17. The summed E-state index contributed by atoms with van der Waals surface area (Å²) < 4.78 is 5.95. The van der Waals surface area contributed by atoms with Crippen molar-refractivity contribution < 1.29 is 4.52 Å². The van der Waals surface area contributed by atoms with Crippen LogP contribution >= 0.6 is 6.83 Å². The molecule has 0 saturated heterocycles. The Labute approximate surface area is 87.5 Å². The van der Waals surface area contributed by atoms with Crippen LogP contribution in [0.5, 0.6) is 0 Å². The average molecular weight is 212 g/mol. The molecule has 1 aromatic carbocycles. The normalized spacial score (nSPS) is 14.7. The molecule has 0 aromatic heterocycles. The van der Waals surface area contributed by atoms with Gasteiger partial charge in [-0.2, -0.15) is 0 Å². The molecule has 0 bridgehead atoms. The Balaban J connectivity index is 2.77. The van der Waals surface area contributed by atoms with Gasteiger partial charge in [0.2, 0.25) is 0 Å². The van der Waals surface area contributed by atoms with Crippen molar-refractivity contribution >= 4 is 6.83 Å². The first-order valence-electron chi connectivity index (χ1n) is 5.10. The van der Waals surface area contributed by atoms with Gasteiger partial charge in [0.05, 0.1) is 0 Å². The SMILES string of the molecule is CCOP(C)(C)(C)Cc1ccccc1.